The van der Waals surface area contributed by atoms with E-state index < -0.39 is 5.41 Å². The van der Waals surface area contributed by atoms with Crippen molar-refractivity contribution in [1.82, 2.24) is 0 Å². The predicted octanol–water partition coefficient (Wildman–Crippen LogP) is 16.9. The van der Waals surface area contributed by atoms with Crippen molar-refractivity contribution in [2.24, 2.45) is 0 Å². The zero-order valence-electron chi connectivity index (χ0n) is 37.0. The van der Waals surface area contributed by atoms with Crippen molar-refractivity contribution in [1.29, 1.82) is 0 Å². The van der Waals surface area contributed by atoms with Crippen molar-refractivity contribution in [2.75, 3.05) is 9.80 Å². The van der Waals surface area contributed by atoms with Crippen molar-refractivity contribution in [3.05, 3.63) is 276 Å². The summed E-state index contributed by atoms with van der Waals surface area (Å²) in [6, 6.07) is 90.1. The summed E-state index contributed by atoms with van der Waals surface area (Å²) in [7, 11) is 0. The lowest BCUT2D eigenvalue weighted by molar-refractivity contribution is 0.660. The summed E-state index contributed by atoms with van der Waals surface area (Å²) < 4.78 is 0. The number of hydrogen-bond acceptors (Lipinski definition) is 2. The zero-order valence-corrected chi connectivity index (χ0v) is 37.0. The molecule has 3 aliphatic carbocycles. The van der Waals surface area contributed by atoms with Gasteiger partial charge < -0.3 is 9.80 Å². The Kier molecular flexibility index (Phi) is 8.51. The van der Waals surface area contributed by atoms with Crippen LogP contribution >= 0.6 is 0 Å². The average molecular weight is 843 g/mol. The summed E-state index contributed by atoms with van der Waals surface area (Å²) >= 11 is 0. The molecule has 1 spiro atoms. The molecule has 1 atom stereocenters. The van der Waals surface area contributed by atoms with Gasteiger partial charge in [-0.05, 0) is 139 Å². The van der Waals surface area contributed by atoms with Gasteiger partial charge in [0, 0.05) is 39.4 Å². The van der Waals surface area contributed by atoms with Crippen LogP contribution in [0.15, 0.2) is 243 Å². The Morgan fingerprint density at radius 1 is 0.288 bits per heavy atom. The standard InChI is InChI=1S/C64H46N2/c1-63(2)55-32-18-15-29-49(55)52-37-36-48(41-58(52)63)66(46-27-13-6-14-28-46)60-40-39-54-51-31-17-20-34-57(51)64(62(54)61(60)43-21-7-3-8-22-43)56-33-19-16-30-50(56)53-38-35-47(42-59(53)64)65(44-23-9-4-10-24-44)45-25-11-5-12-26-45/h3-42H,1-2H3. The predicted molar refractivity (Wildman–Crippen MR) is 275 cm³/mol. The second-order valence-corrected chi connectivity index (χ2v) is 18.4. The van der Waals surface area contributed by atoms with E-state index in [2.05, 4.69) is 266 Å². The number of anilines is 6. The van der Waals surface area contributed by atoms with E-state index in [4.69, 9.17) is 0 Å². The highest BCUT2D eigenvalue weighted by atomic mass is 15.1. The van der Waals surface area contributed by atoms with Crippen LogP contribution in [-0.2, 0) is 10.8 Å². The molecule has 2 heteroatoms. The minimum atomic E-state index is -0.641. The first kappa shape index (κ1) is 38.3. The van der Waals surface area contributed by atoms with E-state index in [1.807, 2.05) is 0 Å². The minimum Gasteiger partial charge on any atom is -0.310 e. The van der Waals surface area contributed by atoms with Crippen molar-refractivity contribution in [3.63, 3.8) is 0 Å². The van der Waals surface area contributed by atoms with E-state index in [1.54, 1.807) is 0 Å². The molecular weight excluding hydrogens is 797 g/mol. The number of hydrogen-bond donors (Lipinski definition) is 0. The highest BCUT2D eigenvalue weighted by molar-refractivity contribution is 6.04. The first-order valence-electron chi connectivity index (χ1n) is 23.1. The summed E-state index contributed by atoms with van der Waals surface area (Å²) in [5, 5.41) is 0. The molecule has 0 heterocycles. The lowest BCUT2D eigenvalue weighted by Gasteiger charge is -2.36. The van der Waals surface area contributed by atoms with Gasteiger partial charge in [0.15, 0.2) is 0 Å². The number of nitrogens with zero attached hydrogens (tertiary/aromatic N) is 2. The van der Waals surface area contributed by atoms with E-state index in [1.165, 1.54) is 77.9 Å². The molecule has 10 aromatic carbocycles. The molecule has 1 unspecified atom stereocenters. The average Bonchev–Trinajstić information content (AvgIpc) is 3.93. The summed E-state index contributed by atoms with van der Waals surface area (Å²) in [5.74, 6) is 0. The molecule has 0 N–H and O–H groups in total. The smallest absolute Gasteiger partial charge is 0.0733 e. The minimum absolute atomic E-state index is 0.154. The Hall–Kier alpha value is -8.20. The molecular formula is C64H46N2. The maximum Gasteiger partial charge on any atom is 0.0733 e. The third-order valence-electron chi connectivity index (χ3n) is 14.6. The topological polar surface area (TPSA) is 6.48 Å². The normalized spacial score (nSPS) is 15.3. The molecule has 0 radical (unpaired) electrons. The van der Waals surface area contributed by atoms with Gasteiger partial charge in [-0.25, -0.2) is 0 Å². The second kappa shape index (κ2) is 14.7. The van der Waals surface area contributed by atoms with Crippen LogP contribution in [0.2, 0.25) is 0 Å². The van der Waals surface area contributed by atoms with Crippen LogP contribution < -0.4 is 9.80 Å². The Labute approximate surface area is 387 Å². The summed E-state index contributed by atoms with van der Waals surface area (Å²) in [6.45, 7) is 4.75. The van der Waals surface area contributed by atoms with Gasteiger partial charge in [0.05, 0.1) is 11.1 Å². The maximum absolute atomic E-state index is 2.52. The quantitative estimate of drug-likeness (QED) is 0.158. The van der Waals surface area contributed by atoms with Crippen molar-refractivity contribution >= 4 is 34.1 Å². The van der Waals surface area contributed by atoms with Gasteiger partial charge in [-0.3, -0.25) is 0 Å². The molecule has 10 aromatic rings. The van der Waals surface area contributed by atoms with Gasteiger partial charge in [-0.15, -0.1) is 0 Å². The molecule has 66 heavy (non-hydrogen) atoms. The molecule has 0 saturated carbocycles. The fourth-order valence-corrected chi connectivity index (χ4v) is 11.9. The van der Waals surface area contributed by atoms with Crippen molar-refractivity contribution in [2.45, 2.75) is 24.7 Å². The van der Waals surface area contributed by atoms with Gasteiger partial charge in [-0.1, -0.05) is 190 Å². The number of para-hydroxylation sites is 3. The molecule has 3 aliphatic rings. The van der Waals surface area contributed by atoms with Crippen LogP contribution in [0.3, 0.4) is 0 Å². The molecule has 2 nitrogen and oxygen atoms in total. The maximum atomic E-state index is 2.52. The number of fused-ring (bicyclic) bond motifs is 13. The lowest BCUT2D eigenvalue weighted by atomic mass is 9.68. The molecule has 0 aliphatic heterocycles. The van der Waals surface area contributed by atoms with E-state index in [-0.39, 0.29) is 5.41 Å². The lowest BCUT2D eigenvalue weighted by Crippen LogP contribution is -2.27. The fourth-order valence-electron chi connectivity index (χ4n) is 11.9. The summed E-state index contributed by atoms with van der Waals surface area (Å²) in [4.78, 5) is 4.92. The first-order valence-corrected chi connectivity index (χ1v) is 23.1. The van der Waals surface area contributed by atoms with Gasteiger partial charge in [-0.2, -0.15) is 0 Å². The third kappa shape index (κ3) is 5.42. The van der Waals surface area contributed by atoms with Crippen LogP contribution in [-0.4, -0.2) is 0 Å². The van der Waals surface area contributed by atoms with Crippen LogP contribution in [0.4, 0.5) is 34.1 Å². The highest BCUT2D eigenvalue weighted by Crippen LogP contribution is 2.66. The molecule has 13 rings (SSSR count). The number of benzene rings is 10. The van der Waals surface area contributed by atoms with Crippen LogP contribution in [0.1, 0.15) is 47.2 Å². The fraction of sp³-hybridized carbons (Fsp3) is 0.0625. The van der Waals surface area contributed by atoms with Gasteiger partial charge in [0.2, 0.25) is 0 Å². The Bertz CT molecular complexity index is 3450. The SMILES string of the molecule is CC1(C)c2ccccc2-c2ccc(N(c3ccccc3)c3ccc4c(c3-c3ccccc3)C3(c5ccccc5-c5ccc(N(c6ccccc6)c6ccccc6)cc53)c3ccccc3-4)cc21. The van der Waals surface area contributed by atoms with E-state index in [0.29, 0.717) is 0 Å². The van der Waals surface area contributed by atoms with E-state index in [0.717, 1.165) is 34.1 Å². The summed E-state index contributed by atoms with van der Waals surface area (Å²) in [6.07, 6.45) is 0. The van der Waals surface area contributed by atoms with Gasteiger partial charge in [0.25, 0.3) is 0 Å². The molecule has 0 bridgehead atoms. The summed E-state index contributed by atoms with van der Waals surface area (Å²) in [5.41, 5.74) is 24.0. The van der Waals surface area contributed by atoms with Gasteiger partial charge >= 0.3 is 0 Å². The Balaban J connectivity index is 1.13. The largest absolute Gasteiger partial charge is 0.310 e. The monoisotopic (exact) mass is 842 g/mol. The molecule has 0 saturated heterocycles. The van der Waals surface area contributed by atoms with E-state index >= 15 is 0 Å². The van der Waals surface area contributed by atoms with E-state index in [9.17, 15) is 0 Å². The molecule has 0 fully saturated rings. The van der Waals surface area contributed by atoms with Crippen LogP contribution in [0, 0.1) is 0 Å². The zero-order chi connectivity index (χ0) is 44.0. The molecule has 0 aromatic heterocycles. The number of rotatable bonds is 7. The highest BCUT2D eigenvalue weighted by Gasteiger charge is 2.53. The Morgan fingerprint density at radius 3 is 1.26 bits per heavy atom. The van der Waals surface area contributed by atoms with Crippen LogP contribution in [0.5, 0.6) is 0 Å². The van der Waals surface area contributed by atoms with Crippen LogP contribution in [0.25, 0.3) is 44.5 Å². The molecule has 312 valence electrons. The van der Waals surface area contributed by atoms with Crippen molar-refractivity contribution < 1.29 is 0 Å². The van der Waals surface area contributed by atoms with Crippen molar-refractivity contribution in [3.8, 4) is 44.5 Å². The third-order valence-corrected chi connectivity index (χ3v) is 14.6. The van der Waals surface area contributed by atoms with Gasteiger partial charge in [0.1, 0.15) is 0 Å². The second-order valence-electron chi connectivity index (χ2n) is 18.4. The Morgan fingerprint density at radius 2 is 0.682 bits per heavy atom. The molecule has 0 amide bonds. The first-order chi connectivity index (χ1) is 32.5.